The Balaban J connectivity index is 1.74. The van der Waals surface area contributed by atoms with Crippen molar-refractivity contribution in [2.24, 2.45) is 5.92 Å². The summed E-state index contributed by atoms with van der Waals surface area (Å²) >= 11 is 0. The highest BCUT2D eigenvalue weighted by atomic mass is 16.5. The van der Waals surface area contributed by atoms with Crippen molar-refractivity contribution in [3.63, 3.8) is 0 Å². The molecule has 1 aromatic heterocycles. The molecule has 0 saturated heterocycles. The lowest BCUT2D eigenvalue weighted by molar-refractivity contribution is 0.211. The molecule has 0 radical (unpaired) electrons. The van der Waals surface area contributed by atoms with Crippen molar-refractivity contribution in [3.05, 3.63) is 47.7 Å². The fourth-order valence-corrected chi connectivity index (χ4v) is 2.64. The van der Waals surface area contributed by atoms with Crippen LogP contribution in [0.15, 0.2) is 36.5 Å². The average molecular weight is 270 g/mol. The Morgan fingerprint density at radius 1 is 1.35 bits per heavy atom. The van der Waals surface area contributed by atoms with Gasteiger partial charge in [0.15, 0.2) is 11.5 Å². The van der Waals surface area contributed by atoms with Crippen molar-refractivity contribution in [2.45, 2.75) is 12.8 Å². The predicted molar refractivity (Wildman–Crippen MR) is 78.0 cm³/mol. The van der Waals surface area contributed by atoms with Crippen molar-refractivity contribution in [3.8, 4) is 11.5 Å². The Morgan fingerprint density at radius 2 is 2.25 bits per heavy atom. The van der Waals surface area contributed by atoms with Crippen molar-refractivity contribution < 1.29 is 9.47 Å². The number of nitrogen functional groups attached to an aromatic ring is 1. The van der Waals surface area contributed by atoms with Crippen LogP contribution in [0.2, 0.25) is 0 Å². The van der Waals surface area contributed by atoms with E-state index in [2.05, 4.69) is 11.1 Å². The maximum Gasteiger partial charge on any atom is 0.164 e. The van der Waals surface area contributed by atoms with Gasteiger partial charge in [0.05, 0.1) is 13.7 Å². The average Bonchev–Trinajstić information content (AvgIpc) is 2.49. The van der Waals surface area contributed by atoms with Crippen LogP contribution < -0.4 is 15.2 Å². The number of pyridine rings is 1. The zero-order valence-electron chi connectivity index (χ0n) is 11.5. The number of hydrogen-bond acceptors (Lipinski definition) is 4. The van der Waals surface area contributed by atoms with Crippen LogP contribution in [-0.4, -0.2) is 18.7 Å². The molecule has 0 bridgehead atoms. The number of aromatic nitrogens is 1. The predicted octanol–water partition coefficient (Wildman–Crippen LogP) is 2.47. The largest absolute Gasteiger partial charge is 0.493 e. The molecule has 2 aromatic rings. The topological polar surface area (TPSA) is 57.4 Å². The van der Waals surface area contributed by atoms with Gasteiger partial charge in [-0.1, -0.05) is 18.2 Å². The number of hydrogen-bond donors (Lipinski definition) is 1. The molecule has 0 spiro atoms. The van der Waals surface area contributed by atoms with Gasteiger partial charge in [0, 0.05) is 12.1 Å². The van der Waals surface area contributed by atoms with Gasteiger partial charge < -0.3 is 15.2 Å². The summed E-state index contributed by atoms with van der Waals surface area (Å²) in [4.78, 5) is 4.13. The zero-order valence-corrected chi connectivity index (χ0v) is 11.5. The molecule has 1 aliphatic rings. The molecule has 1 atom stereocenters. The van der Waals surface area contributed by atoms with E-state index in [0.717, 1.165) is 24.3 Å². The first-order valence-corrected chi connectivity index (χ1v) is 6.75. The fraction of sp³-hybridized carbons (Fsp3) is 0.312. The second-order valence-electron chi connectivity index (χ2n) is 5.13. The lowest BCUT2D eigenvalue weighted by atomic mass is 9.91. The zero-order chi connectivity index (χ0) is 13.9. The highest BCUT2D eigenvalue weighted by Crippen LogP contribution is 2.36. The molecule has 0 fully saturated rings. The van der Waals surface area contributed by atoms with Crippen molar-refractivity contribution in [2.75, 3.05) is 19.5 Å². The third-order valence-electron chi connectivity index (χ3n) is 3.62. The molecular weight excluding hydrogens is 252 g/mol. The first-order valence-electron chi connectivity index (χ1n) is 6.75. The van der Waals surface area contributed by atoms with Gasteiger partial charge in [0.2, 0.25) is 0 Å². The summed E-state index contributed by atoms with van der Waals surface area (Å²) in [5, 5.41) is 0. The third kappa shape index (κ3) is 2.54. The quantitative estimate of drug-likeness (QED) is 0.930. The van der Waals surface area contributed by atoms with E-state index in [1.807, 2.05) is 30.5 Å². The lowest BCUT2D eigenvalue weighted by Gasteiger charge is -2.26. The van der Waals surface area contributed by atoms with Crippen LogP contribution in [0.4, 0.5) is 5.82 Å². The monoisotopic (exact) mass is 270 g/mol. The number of ether oxygens (including phenoxy) is 2. The first kappa shape index (κ1) is 12.8. The molecule has 20 heavy (non-hydrogen) atoms. The Kier molecular flexibility index (Phi) is 3.46. The minimum atomic E-state index is 0.458. The minimum Gasteiger partial charge on any atom is -0.493 e. The summed E-state index contributed by atoms with van der Waals surface area (Å²) in [6, 6.07) is 9.92. The molecule has 104 valence electrons. The minimum absolute atomic E-state index is 0.458. The number of fused-ring (bicyclic) bond motifs is 1. The van der Waals surface area contributed by atoms with Gasteiger partial charge >= 0.3 is 0 Å². The van der Waals surface area contributed by atoms with Gasteiger partial charge in [-0.25, -0.2) is 4.98 Å². The van der Waals surface area contributed by atoms with E-state index in [4.69, 9.17) is 15.2 Å². The normalized spacial score (nSPS) is 17.1. The molecule has 3 rings (SSSR count). The molecular formula is C16H18N2O2. The van der Waals surface area contributed by atoms with E-state index in [1.54, 1.807) is 7.11 Å². The van der Waals surface area contributed by atoms with Gasteiger partial charge in [0.1, 0.15) is 5.82 Å². The van der Waals surface area contributed by atoms with E-state index in [0.29, 0.717) is 18.3 Å². The van der Waals surface area contributed by atoms with E-state index >= 15 is 0 Å². The summed E-state index contributed by atoms with van der Waals surface area (Å²) in [7, 11) is 1.67. The highest BCUT2D eigenvalue weighted by molar-refractivity contribution is 5.47. The van der Waals surface area contributed by atoms with Crippen LogP contribution in [0.3, 0.4) is 0 Å². The first-order chi connectivity index (χ1) is 9.76. The van der Waals surface area contributed by atoms with Crippen LogP contribution in [-0.2, 0) is 12.8 Å². The Hall–Kier alpha value is -2.23. The Morgan fingerprint density at radius 3 is 3.00 bits per heavy atom. The molecule has 4 heteroatoms. The second-order valence-corrected chi connectivity index (χ2v) is 5.13. The van der Waals surface area contributed by atoms with Gasteiger partial charge in [-0.05, 0) is 36.1 Å². The number of nitrogens with zero attached hydrogens (tertiary/aromatic N) is 1. The van der Waals surface area contributed by atoms with E-state index in [-0.39, 0.29) is 0 Å². The number of rotatable bonds is 3. The number of benzene rings is 1. The van der Waals surface area contributed by atoms with E-state index < -0.39 is 0 Å². The van der Waals surface area contributed by atoms with Crippen LogP contribution in [0.25, 0.3) is 0 Å². The lowest BCUT2D eigenvalue weighted by Crippen LogP contribution is -2.23. The van der Waals surface area contributed by atoms with Crippen LogP contribution in [0, 0.1) is 5.92 Å². The fourth-order valence-electron chi connectivity index (χ4n) is 2.64. The van der Waals surface area contributed by atoms with Crippen LogP contribution in [0.5, 0.6) is 11.5 Å². The van der Waals surface area contributed by atoms with Crippen LogP contribution >= 0.6 is 0 Å². The van der Waals surface area contributed by atoms with Gasteiger partial charge in [0.25, 0.3) is 0 Å². The molecule has 0 amide bonds. The molecule has 0 aliphatic carbocycles. The highest BCUT2D eigenvalue weighted by Gasteiger charge is 2.22. The SMILES string of the molecule is COc1cccc2c1OC[C@H](Cc1ccc(N)nc1)C2. The summed E-state index contributed by atoms with van der Waals surface area (Å²) in [5.41, 5.74) is 8.01. The van der Waals surface area contributed by atoms with Gasteiger partial charge in [-0.3, -0.25) is 0 Å². The van der Waals surface area contributed by atoms with E-state index in [1.165, 1.54) is 11.1 Å². The third-order valence-corrected chi connectivity index (χ3v) is 3.62. The molecule has 0 unspecified atom stereocenters. The standard InChI is InChI=1S/C16H18N2O2/c1-19-14-4-2-3-13-8-12(10-20-16(13)14)7-11-5-6-15(17)18-9-11/h2-6,9,12H,7-8,10H2,1H3,(H2,17,18)/t12-/m1/s1. The van der Waals surface area contributed by atoms with Gasteiger partial charge in [-0.15, -0.1) is 0 Å². The number of methoxy groups -OCH3 is 1. The molecule has 1 aliphatic heterocycles. The molecule has 2 heterocycles. The van der Waals surface area contributed by atoms with Gasteiger partial charge in [-0.2, -0.15) is 0 Å². The number of anilines is 1. The number of para-hydroxylation sites is 1. The molecule has 0 saturated carbocycles. The summed E-state index contributed by atoms with van der Waals surface area (Å²) in [5.74, 6) is 2.72. The number of nitrogens with two attached hydrogens (primary N) is 1. The summed E-state index contributed by atoms with van der Waals surface area (Å²) in [6.07, 6.45) is 3.79. The van der Waals surface area contributed by atoms with Crippen molar-refractivity contribution in [1.29, 1.82) is 0 Å². The molecule has 4 nitrogen and oxygen atoms in total. The molecule has 1 aromatic carbocycles. The van der Waals surface area contributed by atoms with Crippen molar-refractivity contribution in [1.82, 2.24) is 4.98 Å². The van der Waals surface area contributed by atoms with Crippen molar-refractivity contribution >= 4 is 5.82 Å². The molecule has 2 N–H and O–H groups in total. The Labute approximate surface area is 118 Å². The summed E-state index contributed by atoms with van der Waals surface area (Å²) in [6.45, 7) is 0.706. The van der Waals surface area contributed by atoms with Crippen LogP contribution in [0.1, 0.15) is 11.1 Å². The summed E-state index contributed by atoms with van der Waals surface area (Å²) < 4.78 is 11.2. The van der Waals surface area contributed by atoms with E-state index in [9.17, 15) is 0 Å². The second kappa shape index (κ2) is 5.41. The smallest absolute Gasteiger partial charge is 0.164 e. The maximum absolute atomic E-state index is 5.88. The Bertz CT molecular complexity index is 596. The maximum atomic E-state index is 5.88.